The molecular weight excluding hydrogens is 294 g/mol. The van der Waals surface area contributed by atoms with Crippen molar-refractivity contribution in [2.45, 2.75) is 52.9 Å². The molecule has 0 radical (unpaired) electrons. The molecule has 2 aromatic rings. The van der Waals surface area contributed by atoms with Gasteiger partial charge in [-0.05, 0) is 26.7 Å². The highest BCUT2D eigenvalue weighted by atomic mass is 16.4. The second kappa shape index (κ2) is 5.40. The zero-order valence-corrected chi connectivity index (χ0v) is 13.9. The summed E-state index contributed by atoms with van der Waals surface area (Å²) in [6, 6.07) is 1.85. The van der Waals surface area contributed by atoms with Crippen molar-refractivity contribution in [1.82, 2.24) is 24.7 Å². The van der Waals surface area contributed by atoms with Gasteiger partial charge in [-0.1, -0.05) is 13.8 Å². The summed E-state index contributed by atoms with van der Waals surface area (Å²) >= 11 is 0. The Hall–Kier alpha value is -2.31. The molecule has 1 N–H and O–H groups in total. The molecule has 3 rings (SSSR count). The number of hydrogen-bond acceptors (Lipinski definition) is 5. The summed E-state index contributed by atoms with van der Waals surface area (Å²) in [5.41, 5.74) is 0.118. The minimum atomic E-state index is -0.740. The van der Waals surface area contributed by atoms with Gasteiger partial charge < -0.3 is 5.11 Å². The molecule has 1 aliphatic rings. The van der Waals surface area contributed by atoms with Gasteiger partial charge in [0.15, 0.2) is 5.82 Å². The van der Waals surface area contributed by atoms with E-state index in [9.17, 15) is 9.90 Å². The lowest BCUT2D eigenvalue weighted by Crippen LogP contribution is -2.17. The van der Waals surface area contributed by atoms with Gasteiger partial charge in [0, 0.05) is 18.4 Å². The largest absolute Gasteiger partial charge is 0.481 e. The average molecular weight is 315 g/mol. The smallest absolute Gasteiger partial charge is 0.310 e. The van der Waals surface area contributed by atoms with E-state index in [2.05, 4.69) is 20.1 Å². The maximum absolute atomic E-state index is 11.6. The molecule has 0 bridgehead atoms. The molecule has 1 saturated carbocycles. The van der Waals surface area contributed by atoms with E-state index in [1.54, 1.807) is 4.68 Å². The minimum Gasteiger partial charge on any atom is -0.481 e. The number of carbonyl (C=O) groups is 1. The van der Waals surface area contributed by atoms with E-state index in [1.807, 2.05) is 33.8 Å². The average Bonchev–Trinajstić information content (AvgIpc) is 3.19. The van der Waals surface area contributed by atoms with Crippen molar-refractivity contribution >= 4 is 5.97 Å². The van der Waals surface area contributed by atoms with Crippen molar-refractivity contribution in [3.63, 3.8) is 0 Å². The Kier molecular flexibility index (Phi) is 3.66. The first kappa shape index (κ1) is 15.6. The van der Waals surface area contributed by atoms with Crippen LogP contribution < -0.4 is 0 Å². The van der Waals surface area contributed by atoms with Gasteiger partial charge in [-0.25, -0.2) is 15.0 Å². The second-order valence-electron chi connectivity index (χ2n) is 6.11. The number of nitrogens with zero attached hydrogens (tertiary/aromatic N) is 5. The number of carboxylic acids is 1. The lowest BCUT2D eigenvalue weighted by atomic mass is 9.99. The lowest BCUT2D eigenvalue weighted by Gasteiger charge is -2.11. The summed E-state index contributed by atoms with van der Waals surface area (Å²) in [5, 5.41) is 13.9. The number of aromatic nitrogens is 5. The van der Waals surface area contributed by atoms with Crippen LogP contribution in [-0.2, 0) is 11.2 Å². The van der Waals surface area contributed by atoms with E-state index in [-0.39, 0.29) is 5.92 Å². The van der Waals surface area contributed by atoms with Gasteiger partial charge in [-0.3, -0.25) is 4.79 Å². The van der Waals surface area contributed by atoms with E-state index in [0.717, 1.165) is 11.5 Å². The zero-order valence-electron chi connectivity index (χ0n) is 13.9. The molecule has 2 atom stereocenters. The Balaban J connectivity index is 2.05. The van der Waals surface area contributed by atoms with Gasteiger partial charge in [0.1, 0.15) is 17.5 Å². The number of hydrogen-bond donors (Lipinski definition) is 1. The quantitative estimate of drug-likeness (QED) is 0.909. The molecule has 1 fully saturated rings. The predicted octanol–water partition coefficient (Wildman–Crippen LogP) is 2.20. The summed E-state index contributed by atoms with van der Waals surface area (Å²) in [4.78, 5) is 25.0. The first-order valence-corrected chi connectivity index (χ1v) is 7.93. The highest BCUT2D eigenvalue weighted by Gasteiger charge is 2.60. The molecule has 2 heterocycles. The van der Waals surface area contributed by atoms with Crippen molar-refractivity contribution in [2.24, 2.45) is 5.41 Å². The maximum atomic E-state index is 11.6. The van der Waals surface area contributed by atoms with Gasteiger partial charge >= 0.3 is 5.97 Å². The Morgan fingerprint density at radius 2 is 2.09 bits per heavy atom. The van der Waals surface area contributed by atoms with Gasteiger partial charge in [-0.15, -0.1) is 5.10 Å². The van der Waals surface area contributed by atoms with Crippen molar-refractivity contribution in [3.05, 3.63) is 29.2 Å². The third-order valence-electron chi connectivity index (χ3n) is 4.68. The number of rotatable bonds is 5. The highest BCUT2D eigenvalue weighted by molar-refractivity contribution is 5.80. The van der Waals surface area contributed by atoms with Crippen LogP contribution in [0.1, 0.15) is 55.8 Å². The Labute approximate surface area is 134 Å². The third kappa shape index (κ3) is 2.50. The van der Waals surface area contributed by atoms with Crippen LogP contribution in [0, 0.1) is 19.3 Å². The first-order valence-electron chi connectivity index (χ1n) is 7.93. The van der Waals surface area contributed by atoms with Gasteiger partial charge in [0.2, 0.25) is 0 Å². The summed E-state index contributed by atoms with van der Waals surface area (Å²) in [6.07, 6.45) is 1.93. The van der Waals surface area contributed by atoms with Crippen LogP contribution in [0.4, 0.5) is 0 Å². The van der Waals surface area contributed by atoms with Gasteiger partial charge in [-0.2, -0.15) is 4.68 Å². The topological polar surface area (TPSA) is 93.8 Å². The molecule has 0 aliphatic heterocycles. The molecule has 122 valence electrons. The zero-order chi connectivity index (χ0) is 16.8. The first-order chi connectivity index (χ1) is 10.9. The predicted molar refractivity (Wildman–Crippen MR) is 83.5 cm³/mol. The van der Waals surface area contributed by atoms with Crippen molar-refractivity contribution in [1.29, 1.82) is 0 Å². The molecule has 7 nitrogen and oxygen atoms in total. The molecule has 1 aliphatic carbocycles. The van der Waals surface area contributed by atoms with E-state index in [0.29, 0.717) is 36.7 Å². The number of aryl methyl sites for hydroxylation is 3. The highest BCUT2D eigenvalue weighted by Crippen LogP contribution is 2.61. The molecule has 2 unspecified atom stereocenters. The van der Waals surface area contributed by atoms with Crippen LogP contribution in [-0.4, -0.2) is 35.8 Å². The van der Waals surface area contributed by atoms with Crippen LogP contribution in [0.15, 0.2) is 6.07 Å². The van der Waals surface area contributed by atoms with Crippen LogP contribution in [0.25, 0.3) is 5.82 Å². The fraction of sp³-hybridized carbons (Fsp3) is 0.562. The fourth-order valence-electron chi connectivity index (χ4n) is 3.16. The van der Waals surface area contributed by atoms with Crippen LogP contribution in [0.5, 0.6) is 0 Å². The van der Waals surface area contributed by atoms with E-state index in [4.69, 9.17) is 0 Å². The fourth-order valence-corrected chi connectivity index (χ4v) is 3.16. The van der Waals surface area contributed by atoms with Crippen molar-refractivity contribution in [3.8, 4) is 5.82 Å². The maximum Gasteiger partial charge on any atom is 0.310 e. The molecule has 0 spiro atoms. The summed E-state index contributed by atoms with van der Waals surface area (Å²) in [5.74, 6) is 2.00. The van der Waals surface area contributed by atoms with Gasteiger partial charge in [0.05, 0.1) is 11.1 Å². The molecule has 0 aromatic carbocycles. The number of aliphatic carboxylic acids is 1. The summed E-state index contributed by atoms with van der Waals surface area (Å²) in [6.45, 7) is 7.61. The number of carboxylic acid groups (broad SMARTS) is 1. The third-order valence-corrected chi connectivity index (χ3v) is 4.68. The molecule has 23 heavy (non-hydrogen) atoms. The lowest BCUT2D eigenvalue weighted by molar-refractivity contribution is -0.143. The van der Waals surface area contributed by atoms with Crippen molar-refractivity contribution in [2.75, 3.05) is 0 Å². The monoisotopic (exact) mass is 315 g/mol. The summed E-state index contributed by atoms with van der Waals surface area (Å²) in [7, 11) is 0. The molecule has 2 aromatic heterocycles. The van der Waals surface area contributed by atoms with Crippen molar-refractivity contribution < 1.29 is 9.90 Å². The Bertz CT molecular complexity index is 770. The van der Waals surface area contributed by atoms with Gasteiger partial charge in [0.25, 0.3) is 0 Å². The minimum absolute atomic E-state index is 0.0537. The van der Waals surface area contributed by atoms with Crippen LogP contribution >= 0.6 is 0 Å². The molecular formula is C16H21N5O2. The molecule has 7 heteroatoms. The van der Waals surface area contributed by atoms with Crippen LogP contribution in [0.2, 0.25) is 0 Å². The Morgan fingerprint density at radius 3 is 2.57 bits per heavy atom. The summed E-state index contributed by atoms with van der Waals surface area (Å²) < 4.78 is 1.69. The molecule has 0 saturated heterocycles. The Morgan fingerprint density at radius 1 is 1.35 bits per heavy atom. The van der Waals surface area contributed by atoms with Crippen LogP contribution in [0.3, 0.4) is 0 Å². The molecule has 0 amide bonds. The van der Waals surface area contributed by atoms with E-state index >= 15 is 0 Å². The van der Waals surface area contributed by atoms with E-state index < -0.39 is 11.4 Å². The second-order valence-corrected chi connectivity index (χ2v) is 6.11. The van der Waals surface area contributed by atoms with E-state index in [1.165, 1.54) is 0 Å². The standard InChI is InChI=1S/C16H21N5O2/c1-5-13-18-12(11-8-16(11,6-2)15(22)23)7-14(19-13)21-10(4)17-9(3)20-21/h7,11H,5-6,8H2,1-4H3,(H,22,23). The SMILES string of the molecule is CCc1nc(C2CC2(CC)C(=O)O)cc(-n2nc(C)nc2C)n1. The normalized spacial score (nSPS) is 23.0.